The van der Waals surface area contributed by atoms with Crippen LogP contribution in [0.1, 0.15) is 56.7 Å². The zero-order valence-electron chi connectivity index (χ0n) is 10.9. The first-order chi connectivity index (χ1) is 7.43. The van der Waals surface area contributed by atoms with Gasteiger partial charge in [0.15, 0.2) is 0 Å². The fourth-order valence-electron chi connectivity index (χ4n) is 3.00. The summed E-state index contributed by atoms with van der Waals surface area (Å²) >= 11 is 0. The Kier molecular flexibility index (Phi) is 2.72. The number of rotatable bonds is 1. The molecule has 3 heteroatoms. The molecule has 1 fully saturated rings. The van der Waals surface area contributed by atoms with E-state index in [1.807, 2.05) is 11.7 Å². The molecule has 1 aliphatic carbocycles. The minimum atomic E-state index is 0.365. The summed E-state index contributed by atoms with van der Waals surface area (Å²) in [5.41, 5.74) is 8.77. The van der Waals surface area contributed by atoms with Gasteiger partial charge in [-0.3, -0.25) is 4.68 Å². The summed E-state index contributed by atoms with van der Waals surface area (Å²) in [6.07, 6.45) is 5.23. The number of nitrogens with zero attached hydrogens (tertiary/aromatic N) is 2. The van der Waals surface area contributed by atoms with Crippen LogP contribution in [0.25, 0.3) is 0 Å². The summed E-state index contributed by atoms with van der Waals surface area (Å²) in [6.45, 7) is 6.82. The Balaban J connectivity index is 2.39. The van der Waals surface area contributed by atoms with E-state index in [9.17, 15) is 0 Å². The van der Waals surface area contributed by atoms with Gasteiger partial charge < -0.3 is 5.73 Å². The van der Waals surface area contributed by atoms with Gasteiger partial charge in [-0.05, 0) is 25.2 Å². The maximum Gasteiger partial charge on any atom is 0.124 e. The molecule has 1 unspecified atom stereocenters. The summed E-state index contributed by atoms with van der Waals surface area (Å²) < 4.78 is 1.81. The first-order valence-electron chi connectivity index (χ1n) is 6.22. The molecule has 1 aromatic rings. The van der Waals surface area contributed by atoms with Gasteiger partial charge in [0.25, 0.3) is 0 Å². The largest absolute Gasteiger partial charge is 0.384 e. The molecule has 2 N–H and O–H groups in total. The average Bonchev–Trinajstić information content (AvgIpc) is 2.46. The van der Waals surface area contributed by atoms with Crippen molar-refractivity contribution in [3.63, 3.8) is 0 Å². The third-order valence-corrected chi connectivity index (χ3v) is 4.21. The Morgan fingerprint density at radius 2 is 2.06 bits per heavy atom. The molecule has 90 valence electrons. The Morgan fingerprint density at radius 3 is 2.56 bits per heavy atom. The molecule has 2 rings (SSSR count). The highest BCUT2D eigenvalue weighted by atomic mass is 15.3. The van der Waals surface area contributed by atoms with Crippen molar-refractivity contribution in [2.24, 2.45) is 12.5 Å². The molecule has 16 heavy (non-hydrogen) atoms. The van der Waals surface area contributed by atoms with Crippen LogP contribution in [0.2, 0.25) is 0 Å². The summed E-state index contributed by atoms with van der Waals surface area (Å²) in [6, 6.07) is 0. The molecule has 1 atom stereocenters. The minimum Gasteiger partial charge on any atom is -0.384 e. The van der Waals surface area contributed by atoms with Gasteiger partial charge in [0.05, 0.1) is 5.69 Å². The van der Waals surface area contributed by atoms with Gasteiger partial charge in [-0.2, -0.15) is 5.10 Å². The number of aromatic nitrogens is 2. The molecule has 1 aromatic heterocycles. The molecule has 0 saturated heterocycles. The predicted octanol–water partition coefficient (Wildman–Crippen LogP) is 2.99. The highest BCUT2D eigenvalue weighted by Crippen LogP contribution is 2.47. The first kappa shape index (κ1) is 11.5. The lowest BCUT2D eigenvalue weighted by atomic mass is 9.67. The Labute approximate surface area is 98.0 Å². The number of aryl methyl sites for hydroxylation is 1. The fraction of sp³-hybridized carbons (Fsp3) is 0.769. The Morgan fingerprint density at radius 1 is 1.38 bits per heavy atom. The maximum atomic E-state index is 6.00. The second-order valence-electron chi connectivity index (χ2n) is 5.81. The second kappa shape index (κ2) is 3.79. The van der Waals surface area contributed by atoms with E-state index in [4.69, 9.17) is 5.73 Å². The van der Waals surface area contributed by atoms with E-state index in [1.54, 1.807) is 0 Å². The zero-order valence-corrected chi connectivity index (χ0v) is 10.9. The van der Waals surface area contributed by atoms with Gasteiger partial charge in [-0.15, -0.1) is 0 Å². The predicted molar refractivity (Wildman–Crippen MR) is 67.3 cm³/mol. The monoisotopic (exact) mass is 221 g/mol. The molecule has 3 nitrogen and oxygen atoms in total. The van der Waals surface area contributed by atoms with Crippen LogP contribution >= 0.6 is 0 Å². The van der Waals surface area contributed by atoms with E-state index in [2.05, 4.69) is 25.9 Å². The van der Waals surface area contributed by atoms with Crippen molar-refractivity contribution in [1.82, 2.24) is 9.78 Å². The number of nitrogens with two attached hydrogens (primary N) is 1. The molecule has 0 amide bonds. The molecular weight excluding hydrogens is 198 g/mol. The van der Waals surface area contributed by atoms with Gasteiger partial charge in [-0.25, -0.2) is 0 Å². The number of anilines is 1. The van der Waals surface area contributed by atoms with Crippen LogP contribution in [-0.4, -0.2) is 9.78 Å². The molecular formula is C13H23N3. The van der Waals surface area contributed by atoms with Crippen LogP contribution in [0.15, 0.2) is 0 Å². The van der Waals surface area contributed by atoms with Crippen LogP contribution in [0, 0.1) is 12.3 Å². The molecule has 1 heterocycles. The van der Waals surface area contributed by atoms with E-state index < -0.39 is 0 Å². The van der Waals surface area contributed by atoms with Gasteiger partial charge in [0, 0.05) is 18.5 Å². The molecule has 1 saturated carbocycles. The molecule has 0 spiro atoms. The SMILES string of the molecule is Cc1c(C2CCCCC2(C)C)nn(C)c1N. The normalized spacial score (nSPS) is 24.6. The summed E-state index contributed by atoms with van der Waals surface area (Å²) in [7, 11) is 1.93. The highest BCUT2D eigenvalue weighted by molar-refractivity contribution is 5.44. The third-order valence-electron chi connectivity index (χ3n) is 4.21. The van der Waals surface area contributed by atoms with E-state index in [1.165, 1.54) is 36.9 Å². The summed E-state index contributed by atoms with van der Waals surface area (Å²) in [5.74, 6) is 1.39. The minimum absolute atomic E-state index is 0.365. The van der Waals surface area contributed by atoms with Gasteiger partial charge >= 0.3 is 0 Å². The maximum absolute atomic E-state index is 6.00. The van der Waals surface area contributed by atoms with E-state index in [0.29, 0.717) is 11.3 Å². The molecule has 0 radical (unpaired) electrons. The van der Waals surface area contributed by atoms with Crippen LogP contribution in [0.4, 0.5) is 5.82 Å². The average molecular weight is 221 g/mol. The second-order valence-corrected chi connectivity index (χ2v) is 5.81. The van der Waals surface area contributed by atoms with Gasteiger partial charge in [-0.1, -0.05) is 26.7 Å². The van der Waals surface area contributed by atoms with Crippen LogP contribution < -0.4 is 5.73 Å². The van der Waals surface area contributed by atoms with Crippen LogP contribution in [0.3, 0.4) is 0 Å². The van der Waals surface area contributed by atoms with Crippen molar-refractivity contribution >= 4 is 5.82 Å². The van der Waals surface area contributed by atoms with Gasteiger partial charge in [0.2, 0.25) is 0 Å². The zero-order chi connectivity index (χ0) is 11.9. The van der Waals surface area contributed by atoms with Crippen molar-refractivity contribution in [1.29, 1.82) is 0 Å². The van der Waals surface area contributed by atoms with E-state index in [-0.39, 0.29) is 0 Å². The standard InChI is InChI=1S/C13H23N3/c1-9-11(15-16(4)12(9)14)10-7-5-6-8-13(10,2)3/h10H,5-8,14H2,1-4H3. The van der Waals surface area contributed by atoms with Crippen molar-refractivity contribution in [2.45, 2.75) is 52.4 Å². The Bertz CT molecular complexity index is 390. The van der Waals surface area contributed by atoms with Crippen molar-refractivity contribution in [3.05, 3.63) is 11.3 Å². The van der Waals surface area contributed by atoms with Crippen molar-refractivity contribution in [3.8, 4) is 0 Å². The van der Waals surface area contributed by atoms with Crippen LogP contribution in [0.5, 0.6) is 0 Å². The summed E-state index contributed by atoms with van der Waals surface area (Å²) in [5, 5.41) is 4.62. The van der Waals surface area contributed by atoms with Crippen LogP contribution in [-0.2, 0) is 7.05 Å². The molecule has 0 aliphatic heterocycles. The number of nitrogen functional groups attached to an aromatic ring is 1. The van der Waals surface area contributed by atoms with Gasteiger partial charge in [0.1, 0.15) is 5.82 Å². The first-order valence-corrected chi connectivity index (χ1v) is 6.22. The molecule has 1 aliphatic rings. The lowest BCUT2D eigenvalue weighted by molar-refractivity contribution is 0.195. The van der Waals surface area contributed by atoms with Crippen molar-refractivity contribution < 1.29 is 0 Å². The van der Waals surface area contributed by atoms with Crippen molar-refractivity contribution in [2.75, 3.05) is 5.73 Å². The van der Waals surface area contributed by atoms with E-state index in [0.717, 1.165) is 5.82 Å². The summed E-state index contributed by atoms with van der Waals surface area (Å²) in [4.78, 5) is 0. The third kappa shape index (κ3) is 1.72. The van der Waals surface area contributed by atoms with E-state index >= 15 is 0 Å². The number of hydrogen-bond donors (Lipinski definition) is 1. The quantitative estimate of drug-likeness (QED) is 0.792. The smallest absolute Gasteiger partial charge is 0.124 e. The highest BCUT2D eigenvalue weighted by Gasteiger charge is 2.36. The number of hydrogen-bond acceptors (Lipinski definition) is 2. The fourth-order valence-corrected chi connectivity index (χ4v) is 3.00. The molecule has 0 aromatic carbocycles. The lowest BCUT2D eigenvalue weighted by Crippen LogP contribution is -2.26. The lowest BCUT2D eigenvalue weighted by Gasteiger charge is -2.38. The molecule has 0 bridgehead atoms. The Hall–Kier alpha value is -0.990. The topological polar surface area (TPSA) is 43.8 Å².